The van der Waals surface area contributed by atoms with Crippen molar-refractivity contribution in [3.63, 3.8) is 0 Å². The zero-order valence-electron chi connectivity index (χ0n) is 11.3. The summed E-state index contributed by atoms with van der Waals surface area (Å²) in [5.41, 5.74) is 0. The molecule has 0 spiro atoms. The summed E-state index contributed by atoms with van der Waals surface area (Å²) in [6.45, 7) is 10.2. The molecule has 2 atom stereocenters. The third kappa shape index (κ3) is 4.21. The van der Waals surface area contributed by atoms with Crippen LogP contribution in [-0.2, 0) is 4.74 Å². The van der Waals surface area contributed by atoms with Crippen LogP contribution in [0.1, 0.15) is 19.8 Å². The Labute approximate surface area is 105 Å². The molecule has 2 unspecified atom stereocenters. The van der Waals surface area contributed by atoms with E-state index in [2.05, 4.69) is 29.1 Å². The molecule has 100 valence electrons. The smallest absolute Gasteiger partial charge is 0.0700 e. The summed E-state index contributed by atoms with van der Waals surface area (Å²) in [7, 11) is 2.21. The molecule has 4 heteroatoms. The predicted molar refractivity (Wildman–Crippen MR) is 70.4 cm³/mol. The second kappa shape index (κ2) is 6.69. The lowest BCUT2D eigenvalue weighted by Gasteiger charge is -2.38. The molecule has 2 rings (SSSR count). The lowest BCUT2D eigenvalue weighted by atomic mass is 10.2. The first kappa shape index (κ1) is 13.3. The van der Waals surface area contributed by atoms with E-state index in [1.165, 1.54) is 39.0 Å². The molecule has 0 aromatic rings. The standard InChI is InChI=1S/C13H27N3O/c1-12-11-15(2)7-8-16(12)6-5-14-10-13-4-3-9-17-13/h12-14H,3-11H2,1-2H3. The maximum atomic E-state index is 5.60. The van der Waals surface area contributed by atoms with E-state index >= 15 is 0 Å². The average molecular weight is 241 g/mol. The van der Waals surface area contributed by atoms with E-state index in [1.807, 2.05) is 0 Å². The van der Waals surface area contributed by atoms with E-state index in [-0.39, 0.29) is 0 Å². The van der Waals surface area contributed by atoms with Gasteiger partial charge in [0.1, 0.15) is 0 Å². The molecule has 0 aliphatic carbocycles. The van der Waals surface area contributed by atoms with Crippen LogP contribution in [0, 0.1) is 0 Å². The molecule has 2 fully saturated rings. The summed E-state index contributed by atoms with van der Waals surface area (Å²) in [6, 6.07) is 0.693. The SMILES string of the molecule is CC1CN(C)CCN1CCNCC1CCCO1. The number of hydrogen-bond donors (Lipinski definition) is 1. The van der Waals surface area contributed by atoms with E-state index in [1.54, 1.807) is 0 Å². The monoisotopic (exact) mass is 241 g/mol. The van der Waals surface area contributed by atoms with E-state index in [0.29, 0.717) is 12.1 Å². The van der Waals surface area contributed by atoms with Gasteiger partial charge in [-0.1, -0.05) is 0 Å². The van der Waals surface area contributed by atoms with Crippen molar-refractivity contribution in [2.75, 3.05) is 52.9 Å². The number of piperazine rings is 1. The topological polar surface area (TPSA) is 27.7 Å². The fraction of sp³-hybridized carbons (Fsp3) is 1.00. The molecule has 2 heterocycles. The molecule has 2 aliphatic heterocycles. The Hall–Kier alpha value is -0.160. The first-order valence-electron chi connectivity index (χ1n) is 7.00. The summed E-state index contributed by atoms with van der Waals surface area (Å²) in [5, 5.41) is 3.53. The van der Waals surface area contributed by atoms with Gasteiger partial charge in [-0.05, 0) is 26.8 Å². The zero-order valence-corrected chi connectivity index (χ0v) is 11.3. The van der Waals surface area contributed by atoms with Gasteiger partial charge in [0.2, 0.25) is 0 Å². The van der Waals surface area contributed by atoms with Crippen molar-refractivity contribution in [3.05, 3.63) is 0 Å². The van der Waals surface area contributed by atoms with Crippen LogP contribution < -0.4 is 5.32 Å². The minimum absolute atomic E-state index is 0.472. The van der Waals surface area contributed by atoms with Crippen molar-refractivity contribution >= 4 is 0 Å². The van der Waals surface area contributed by atoms with Gasteiger partial charge in [-0.15, -0.1) is 0 Å². The van der Waals surface area contributed by atoms with Crippen LogP contribution in [0.3, 0.4) is 0 Å². The third-order valence-electron chi connectivity index (χ3n) is 3.94. The molecule has 0 aromatic heterocycles. The molecule has 0 bridgehead atoms. The van der Waals surface area contributed by atoms with Gasteiger partial charge in [0.25, 0.3) is 0 Å². The van der Waals surface area contributed by atoms with E-state index in [0.717, 1.165) is 19.7 Å². The number of ether oxygens (including phenoxy) is 1. The summed E-state index contributed by atoms with van der Waals surface area (Å²) >= 11 is 0. The third-order valence-corrected chi connectivity index (χ3v) is 3.94. The van der Waals surface area contributed by atoms with Gasteiger partial charge in [0.05, 0.1) is 6.10 Å². The Bertz CT molecular complexity index is 219. The highest BCUT2D eigenvalue weighted by atomic mass is 16.5. The van der Waals surface area contributed by atoms with E-state index < -0.39 is 0 Å². The van der Waals surface area contributed by atoms with Crippen LogP contribution in [0.15, 0.2) is 0 Å². The van der Waals surface area contributed by atoms with Crippen LogP contribution in [0.5, 0.6) is 0 Å². The molecular weight excluding hydrogens is 214 g/mol. The highest BCUT2D eigenvalue weighted by Crippen LogP contribution is 2.10. The summed E-state index contributed by atoms with van der Waals surface area (Å²) < 4.78 is 5.60. The van der Waals surface area contributed by atoms with Gasteiger partial charge >= 0.3 is 0 Å². The van der Waals surface area contributed by atoms with Crippen molar-refractivity contribution in [1.29, 1.82) is 0 Å². The molecule has 2 saturated heterocycles. The first-order chi connectivity index (χ1) is 8.25. The number of nitrogens with one attached hydrogen (secondary N) is 1. The van der Waals surface area contributed by atoms with Crippen molar-refractivity contribution in [1.82, 2.24) is 15.1 Å². The normalized spacial score (nSPS) is 32.1. The van der Waals surface area contributed by atoms with Crippen molar-refractivity contribution in [2.45, 2.75) is 31.9 Å². The van der Waals surface area contributed by atoms with Crippen LogP contribution in [0.2, 0.25) is 0 Å². The number of rotatable bonds is 5. The first-order valence-corrected chi connectivity index (χ1v) is 7.00. The van der Waals surface area contributed by atoms with Crippen LogP contribution in [0.25, 0.3) is 0 Å². The van der Waals surface area contributed by atoms with E-state index in [4.69, 9.17) is 4.74 Å². The highest BCUT2D eigenvalue weighted by molar-refractivity contribution is 4.78. The predicted octanol–water partition coefficient (Wildman–Crippen LogP) is 0.391. The van der Waals surface area contributed by atoms with Crippen LogP contribution in [0.4, 0.5) is 0 Å². The number of hydrogen-bond acceptors (Lipinski definition) is 4. The Morgan fingerprint density at radius 3 is 2.94 bits per heavy atom. The van der Waals surface area contributed by atoms with Crippen LogP contribution >= 0.6 is 0 Å². The second-order valence-corrected chi connectivity index (χ2v) is 5.49. The molecule has 17 heavy (non-hydrogen) atoms. The summed E-state index contributed by atoms with van der Waals surface area (Å²) in [6.07, 6.45) is 2.94. The minimum Gasteiger partial charge on any atom is -0.377 e. The second-order valence-electron chi connectivity index (χ2n) is 5.49. The number of likely N-dealkylation sites (N-methyl/N-ethyl adjacent to an activating group) is 1. The average Bonchev–Trinajstić information content (AvgIpc) is 2.79. The quantitative estimate of drug-likeness (QED) is 0.705. The Morgan fingerprint density at radius 2 is 2.24 bits per heavy atom. The Kier molecular flexibility index (Phi) is 5.22. The van der Waals surface area contributed by atoms with E-state index in [9.17, 15) is 0 Å². The lowest BCUT2D eigenvalue weighted by molar-refractivity contribution is 0.0936. The van der Waals surface area contributed by atoms with Gasteiger partial charge in [0.15, 0.2) is 0 Å². The van der Waals surface area contributed by atoms with Crippen molar-refractivity contribution in [2.24, 2.45) is 0 Å². The molecular formula is C13H27N3O. The summed E-state index contributed by atoms with van der Waals surface area (Å²) in [4.78, 5) is 5.00. The van der Waals surface area contributed by atoms with Gasteiger partial charge < -0.3 is 15.0 Å². The maximum absolute atomic E-state index is 5.60. The molecule has 4 nitrogen and oxygen atoms in total. The fourth-order valence-corrected chi connectivity index (χ4v) is 2.80. The largest absolute Gasteiger partial charge is 0.377 e. The maximum Gasteiger partial charge on any atom is 0.0700 e. The molecule has 1 N–H and O–H groups in total. The molecule has 0 saturated carbocycles. The molecule has 2 aliphatic rings. The van der Waals surface area contributed by atoms with Crippen molar-refractivity contribution in [3.8, 4) is 0 Å². The Morgan fingerprint density at radius 1 is 1.35 bits per heavy atom. The minimum atomic E-state index is 0.472. The molecule has 0 radical (unpaired) electrons. The van der Waals surface area contributed by atoms with Crippen LogP contribution in [-0.4, -0.2) is 74.9 Å². The van der Waals surface area contributed by atoms with Crippen molar-refractivity contribution < 1.29 is 4.74 Å². The lowest BCUT2D eigenvalue weighted by Crippen LogP contribution is -2.52. The van der Waals surface area contributed by atoms with Gasteiger partial charge in [-0.2, -0.15) is 0 Å². The van der Waals surface area contributed by atoms with Gasteiger partial charge in [0, 0.05) is 51.9 Å². The zero-order chi connectivity index (χ0) is 12.1. The number of nitrogens with zero attached hydrogens (tertiary/aromatic N) is 2. The van der Waals surface area contributed by atoms with Gasteiger partial charge in [-0.3, -0.25) is 4.90 Å². The Balaban J connectivity index is 1.55. The van der Waals surface area contributed by atoms with Gasteiger partial charge in [-0.25, -0.2) is 0 Å². The summed E-state index contributed by atoms with van der Waals surface area (Å²) in [5.74, 6) is 0. The highest BCUT2D eigenvalue weighted by Gasteiger charge is 2.20. The molecule has 0 aromatic carbocycles. The fourth-order valence-electron chi connectivity index (χ4n) is 2.80. The molecule has 0 amide bonds.